The lowest BCUT2D eigenvalue weighted by molar-refractivity contribution is 0.112. The summed E-state index contributed by atoms with van der Waals surface area (Å²) < 4.78 is 15.2. The minimum Gasteiger partial charge on any atom is -0.306 e. The van der Waals surface area contributed by atoms with Gasteiger partial charge >= 0.3 is 0 Å². The van der Waals surface area contributed by atoms with Crippen molar-refractivity contribution in [2.45, 2.75) is 42.3 Å². The molecule has 104 valence electrons. The Labute approximate surface area is 120 Å². The van der Waals surface area contributed by atoms with E-state index >= 15 is 0 Å². The Kier molecular flexibility index (Phi) is 3.82. The molecule has 0 N–H and O–H groups in total. The highest BCUT2D eigenvalue weighted by Gasteiger charge is 2.16. The van der Waals surface area contributed by atoms with Gasteiger partial charge in [0.25, 0.3) is 0 Å². The first-order valence-electron chi connectivity index (χ1n) is 6.62. The number of hydrogen-bond acceptors (Lipinski definition) is 4. The lowest BCUT2D eigenvalue weighted by Gasteiger charge is -2.07. The van der Waals surface area contributed by atoms with E-state index in [4.69, 9.17) is 0 Å². The second-order valence-corrected chi connectivity index (χ2v) is 5.77. The van der Waals surface area contributed by atoms with E-state index < -0.39 is 5.82 Å². The molecule has 0 aliphatic carbocycles. The van der Waals surface area contributed by atoms with Crippen LogP contribution in [0.1, 0.15) is 35.4 Å². The molecule has 0 saturated heterocycles. The fraction of sp³-hybridized carbons (Fsp3) is 0.357. The standard InChI is InChI=1S/C14H14FN3OS/c15-11-5-6-12(10(8-11)9-19)20-14-17-16-13-4-2-1-3-7-18(13)14/h5-6,8-9H,1-4,7H2. The van der Waals surface area contributed by atoms with E-state index in [-0.39, 0.29) is 0 Å². The first-order valence-corrected chi connectivity index (χ1v) is 7.44. The maximum atomic E-state index is 13.1. The minimum absolute atomic E-state index is 0.348. The van der Waals surface area contributed by atoms with Gasteiger partial charge in [-0.3, -0.25) is 4.79 Å². The normalized spacial score (nSPS) is 14.7. The molecule has 0 spiro atoms. The molecule has 20 heavy (non-hydrogen) atoms. The Bertz CT molecular complexity index is 641. The van der Waals surface area contributed by atoms with Crippen LogP contribution in [0.15, 0.2) is 28.3 Å². The number of rotatable bonds is 3. The van der Waals surface area contributed by atoms with Gasteiger partial charge in [0.2, 0.25) is 0 Å². The molecule has 4 nitrogen and oxygen atoms in total. The van der Waals surface area contributed by atoms with E-state index in [1.165, 1.54) is 30.3 Å². The van der Waals surface area contributed by atoms with Crippen molar-refractivity contribution in [3.05, 3.63) is 35.4 Å². The van der Waals surface area contributed by atoms with Crippen LogP contribution in [0.4, 0.5) is 4.39 Å². The molecule has 0 unspecified atom stereocenters. The second-order valence-electron chi connectivity index (χ2n) is 4.76. The van der Waals surface area contributed by atoms with Gasteiger partial charge in [-0.25, -0.2) is 4.39 Å². The summed E-state index contributed by atoms with van der Waals surface area (Å²) in [5.74, 6) is 0.594. The average Bonchev–Trinajstić information content (AvgIpc) is 2.69. The van der Waals surface area contributed by atoms with E-state index in [9.17, 15) is 9.18 Å². The fourth-order valence-corrected chi connectivity index (χ4v) is 3.28. The van der Waals surface area contributed by atoms with Crippen LogP contribution in [0.5, 0.6) is 0 Å². The molecule has 0 radical (unpaired) electrons. The molecule has 1 aliphatic rings. The third kappa shape index (κ3) is 2.60. The Morgan fingerprint density at radius 3 is 3.00 bits per heavy atom. The van der Waals surface area contributed by atoms with Crippen molar-refractivity contribution < 1.29 is 9.18 Å². The summed E-state index contributed by atoms with van der Waals surface area (Å²) in [5, 5.41) is 9.19. The molecule has 6 heteroatoms. The van der Waals surface area contributed by atoms with Gasteiger partial charge in [-0.15, -0.1) is 10.2 Å². The first-order chi connectivity index (χ1) is 9.78. The second kappa shape index (κ2) is 5.75. The molecule has 1 aromatic heterocycles. The largest absolute Gasteiger partial charge is 0.306 e. The summed E-state index contributed by atoms with van der Waals surface area (Å²) >= 11 is 1.37. The summed E-state index contributed by atoms with van der Waals surface area (Å²) in [6.07, 6.45) is 5.06. The molecule has 1 aliphatic heterocycles. The average molecular weight is 291 g/mol. The quantitative estimate of drug-likeness (QED) is 0.815. The molecule has 1 aromatic carbocycles. The molecular formula is C14H14FN3OS. The van der Waals surface area contributed by atoms with Crippen molar-refractivity contribution in [3.8, 4) is 0 Å². The van der Waals surface area contributed by atoms with Gasteiger partial charge in [-0.2, -0.15) is 0 Å². The smallest absolute Gasteiger partial charge is 0.196 e. The Hall–Kier alpha value is -1.69. The van der Waals surface area contributed by atoms with E-state index in [2.05, 4.69) is 14.8 Å². The van der Waals surface area contributed by atoms with Crippen molar-refractivity contribution in [2.75, 3.05) is 0 Å². The number of aromatic nitrogens is 3. The van der Waals surface area contributed by atoms with Crippen LogP contribution < -0.4 is 0 Å². The fourth-order valence-electron chi connectivity index (χ4n) is 2.34. The predicted octanol–water partition coefficient (Wildman–Crippen LogP) is 3.11. The summed E-state index contributed by atoms with van der Waals surface area (Å²) in [7, 11) is 0. The van der Waals surface area contributed by atoms with E-state index in [0.717, 1.165) is 36.8 Å². The van der Waals surface area contributed by atoms with Gasteiger partial charge in [-0.05, 0) is 42.8 Å². The van der Waals surface area contributed by atoms with E-state index in [1.807, 2.05) is 0 Å². The van der Waals surface area contributed by atoms with Crippen LogP contribution in [0.25, 0.3) is 0 Å². The zero-order chi connectivity index (χ0) is 13.9. The van der Waals surface area contributed by atoms with Gasteiger partial charge < -0.3 is 4.57 Å². The summed E-state index contributed by atoms with van der Waals surface area (Å²) in [6, 6.07) is 4.21. The van der Waals surface area contributed by atoms with Crippen molar-refractivity contribution in [2.24, 2.45) is 0 Å². The van der Waals surface area contributed by atoms with Crippen LogP contribution in [-0.4, -0.2) is 21.1 Å². The number of carbonyl (C=O) groups is 1. The zero-order valence-electron chi connectivity index (χ0n) is 10.9. The molecule has 0 saturated carbocycles. The lowest BCUT2D eigenvalue weighted by atomic mass is 10.2. The van der Waals surface area contributed by atoms with Gasteiger partial charge in [-0.1, -0.05) is 6.42 Å². The van der Waals surface area contributed by atoms with Crippen molar-refractivity contribution in [1.82, 2.24) is 14.8 Å². The molecule has 0 amide bonds. The number of halogens is 1. The van der Waals surface area contributed by atoms with Gasteiger partial charge in [0.15, 0.2) is 11.4 Å². The van der Waals surface area contributed by atoms with Crippen LogP contribution in [0, 0.1) is 5.82 Å². The van der Waals surface area contributed by atoms with Crippen molar-refractivity contribution >= 4 is 18.0 Å². The highest BCUT2D eigenvalue weighted by atomic mass is 32.2. The lowest BCUT2D eigenvalue weighted by Crippen LogP contribution is -2.02. The van der Waals surface area contributed by atoms with Gasteiger partial charge in [0.1, 0.15) is 11.6 Å². The number of nitrogens with zero attached hydrogens (tertiary/aromatic N) is 3. The van der Waals surface area contributed by atoms with E-state index in [0.29, 0.717) is 16.7 Å². The summed E-state index contributed by atoms with van der Waals surface area (Å²) in [4.78, 5) is 11.7. The van der Waals surface area contributed by atoms with Crippen molar-refractivity contribution in [3.63, 3.8) is 0 Å². The number of fused-ring (bicyclic) bond motifs is 1. The monoisotopic (exact) mass is 291 g/mol. The number of aldehydes is 1. The molecule has 0 bridgehead atoms. The highest BCUT2D eigenvalue weighted by molar-refractivity contribution is 7.99. The number of carbonyl (C=O) groups excluding carboxylic acids is 1. The molecule has 2 aromatic rings. The maximum Gasteiger partial charge on any atom is 0.196 e. The number of aryl methyl sites for hydroxylation is 1. The van der Waals surface area contributed by atoms with Gasteiger partial charge in [0, 0.05) is 23.4 Å². The number of hydrogen-bond donors (Lipinski definition) is 0. The van der Waals surface area contributed by atoms with E-state index in [1.54, 1.807) is 6.07 Å². The molecule has 2 heterocycles. The summed E-state index contributed by atoms with van der Waals surface area (Å²) in [6.45, 7) is 0.905. The van der Waals surface area contributed by atoms with Crippen LogP contribution >= 0.6 is 11.8 Å². The van der Waals surface area contributed by atoms with Crippen molar-refractivity contribution in [1.29, 1.82) is 0 Å². The molecule has 3 rings (SSSR count). The molecular weight excluding hydrogens is 277 g/mol. The maximum absolute atomic E-state index is 13.1. The predicted molar refractivity (Wildman–Crippen MR) is 73.5 cm³/mol. The Morgan fingerprint density at radius 1 is 1.25 bits per heavy atom. The van der Waals surface area contributed by atoms with Crippen LogP contribution in [0.3, 0.4) is 0 Å². The molecule has 0 atom stereocenters. The SMILES string of the molecule is O=Cc1cc(F)ccc1Sc1nnc2n1CCCCC2. The Morgan fingerprint density at radius 2 is 2.15 bits per heavy atom. The third-order valence-electron chi connectivity index (χ3n) is 3.38. The van der Waals surface area contributed by atoms with Crippen LogP contribution in [-0.2, 0) is 13.0 Å². The number of benzene rings is 1. The zero-order valence-corrected chi connectivity index (χ0v) is 11.7. The third-order valence-corrected chi connectivity index (χ3v) is 4.45. The summed E-state index contributed by atoms with van der Waals surface area (Å²) in [5.41, 5.74) is 0.348. The first kappa shape index (κ1) is 13.3. The van der Waals surface area contributed by atoms with Crippen LogP contribution in [0.2, 0.25) is 0 Å². The van der Waals surface area contributed by atoms with Gasteiger partial charge in [0.05, 0.1) is 0 Å². The highest BCUT2D eigenvalue weighted by Crippen LogP contribution is 2.30. The topological polar surface area (TPSA) is 47.8 Å². The minimum atomic E-state index is -0.406. The Balaban J connectivity index is 1.92. The molecule has 0 fully saturated rings.